The third kappa shape index (κ3) is 2.86. The van der Waals surface area contributed by atoms with E-state index < -0.39 is 0 Å². The second kappa shape index (κ2) is 5.68. The summed E-state index contributed by atoms with van der Waals surface area (Å²) in [5.41, 5.74) is 8.32. The van der Waals surface area contributed by atoms with Crippen molar-refractivity contribution in [2.75, 3.05) is 0 Å². The first-order valence-corrected chi connectivity index (χ1v) is 7.24. The standard InChI is InChI=1S/C14H17N3O2S/c1-8(2)13(15)14-16-11(7-20-14)10-5-4-9(3)12(6-10)17(18)19/h4-8,13H,15H2,1-3H3. The number of aromatic nitrogens is 1. The molecule has 0 aliphatic heterocycles. The largest absolute Gasteiger partial charge is 0.322 e. The number of hydrogen-bond donors (Lipinski definition) is 1. The molecule has 1 heterocycles. The summed E-state index contributed by atoms with van der Waals surface area (Å²) in [6.07, 6.45) is 0. The molecule has 0 radical (unpaired) electrons. The summed E-state index contributed by atoms with van der Waals surface area (Å²) in [5.74, 6) is 0.307. The summed E-state index contributed by atoms with van der Waals surface area (Å²) < 4.78 is 0. The number of rotatable bonds is 4. The molecule has 0 bridgehead atoms. The lowest BCUT2D eigenvalue weighted by molar-refractivity contribution is -0.385. The minimum Gasteiger partial charge on any atom is -0.322 e. The molecule has 20 heavy (non-hydrogen) atoms. The zero-order valence-corrected chi connectivity index (χ0v) is 12.5. The number of aryl methyl sites for hydroxylation is 1. The van der Waals surface area contributed by atoms with E-state index in [0.717, 1.165) is 16.3 Å². The molecular formula is C14H17N3O2S. The Morgan fingerprint density at radius 2 is 2.10 bits per heavy atom. The first-order valence-electron chi connectivity index (χ1n) is 6.36. The van der Waals surface area contributed by atoms with Crippen LogP contribution in [0, 0.1) is 23.0 Å². The van der Waals surface area contributed by atoms with Crippen LogP contribution in [0.25, 0.3) is 11.3 Å². The van der Waals surface area contributed by atoms with Gasteiger partial charge in [0.1, 0.15) is 5.01 Å². The Balaban J connectivity index is 2.38. The zero-order chi connectivity index (χ0) is 14.9. The van der Waals surface area contributed by atoms with E-state index in [9.17, 15) is 10.1 Å². The average molecular weight is 291 g/mol. The van der Waals surface area contributed by atoms with Gasteiger partial charge >= 0.3 is 0 Å². The smallest absolute Gasteiger partial charge is 0.272 e. The second-order valence-electron chi connectivity index (χ2n) is 5.10. The van der Waals surface area contributed by atoms with Crippen LogP contribution in [0.3, 0.4) is 0 Å². The number of hydrogen-bond acceptors (Lipinski definition) is 5. The number of thiazole rings is 1. The van der Waals surface area contributed by atoms with Crippen molar-refractivity contribution in [2.24, 2.45) is 11.7 Å². The lowest BCUT2D eigenvalue weighted by Gasteiger charge is -2.11. The normalized spacial score (nSPS) is 12.7. The van der Waals surface area contributed by atoms with Crippen LogP contribution in [0.1, 0.15) is 30.5 Å². The molecule has 0 aliphatic rings. The predicted molar refractivity (Wildman–Crippen MR) is 80.7 cm³/mol. The Hall–Kier alpha value is -1.79. The molecule has 0 saturated carbocycles. The quantitative estimate of drug-likeness (QED) is 0.688. The molecule has 0 spiro atoms. The van der Waals surface area contributed by atoms with Gasteiger partial charge in [-0.1, -0.05) is 26.0 Å². The summed E-state index contributed by atoms with van der Waals surface area (Å²) in [5, 5.41) is 13.7. The van der Waals surface area contributed by atoms with Crippen molar-refractivity contribution in [1.29, 1.82) is 0 Å². The summed E-state index contributed by atoms with van der Waals surface area (Å²) in [6.45, 7) is 5.81. The van der Waals surface area contributed by atoms with Crippen molar-refractivity contribution < 1.29 is 4.92 Å². The highest BCUT2D eigenvalue weighted by molar-refractivity contribution is 7.10. The zero-order valence-electron chi connectivity index (χ0n) is 11.7. The van der Waals surface area contributed by atoms with Gasteiger partial charge in [-0.3, -0.25) is 10.1 Å². The highest BCUT2D eigenvalue weighted by Gasteiger charge is 2.17. The maximum Gasteiger partial charge on any atom is 0.272 e. The summed E-state index contributed by atoms with van der Waals surface area (Å²) >= 11 is 1.49. The lowest BCUT2D eigenvalue weighted by atomic mass is 10.1. The molecule has 2 N–H and O–H groups in total. The molecule has 1 aromatic carbocycles. The van der Waals surface area contributed by atoms with Crippen LogP contribution < -0.4 is 5.73 Å². The molecule has 5 nitrogen and oxygen atoms in total. The van der Waals surface area contributed by atoms with E-state index in [-0.39, 0.29) is 16.7 Å². The molecule has 106 valence electrons. The molecule has 0 aliphatic carbocycles. The van der Waals surface area contributed by atoms with E-state index in [1.165, 1.54) is 11.3 Å². The Morgan fingerprint density at radius 1 is 1.40 bits per heavy atom. The fourth-order valence-corrected chi connectivity index (χ4v) is 2.83. The Bertz CT molecular complexity index is 637. The maximum absolute atomic E-state index is 11.0. The average Bonchev–Trinajstić information content (AvgIpc) is 2.87. The first kappa shape index (κ1) is 14.6. The third-order valence-electron chi connectivity index (χ3n) is 3.23. The molecule has 0 amide bonds. The van der Waals surface area contributed by atoms with Gasteiger partial charge in [-0.15, -0.1) is 11.3 Å². The van der Waals surface area contributed by atoms with Gasteiger partial charge in [0.05, 0.1) is 16.7 Å². The monoisotopic (exact) mass is 291 g/mol. The van der Waals surface area contributed by atoms with Gasteiger partial charge in [-0.2, -0.15) is 0 Å². The Labute approximate surface area is 121 Å². The van der Waals surface area contributed by atoms with Crippen LogP contribution in [-0.2, 0) is 0 Å². The minimum atomic E-state index is -0.369. The molecule has 1 atom stereocenters. The van der Waals surface area contributed by atoms with Gasteiger partial charge < -0.3 is 5.73 Å². The van der Waals surface area contributed by atoms with Crippen LogP contribution in [0.5, 0.6) is 0 Å². The molecule has 1 unspecified atom stereocenters. The molecule has 0 saturated heterocycles. The van der Waals surface area contributed by atoms with Crippen molar-refractivity contribution >= 4 is 17.0 Å². The number of nitrogens with zero attached hydrogens (tertiary/aromatic N) is 2. The third-order valence-corrected chi connectivity index (χ3v) is 4.17. The van der Waals surface area contributed by atoms with Gasteiger partial charge in [0.25, 0.3) is 5.69 Å². The summed E-state index contributed by atoms with van der Waals surface area (Å²) in [7, 11) is 0. The van der Waals surface area contributed by atoms with Crippen LogP contribution in [0.15, 0.2) is 23.6 Å². The topological polar surface area (TPSA) is 82.0 Å². The van der Waals surface area contributed by atoms with Crippen LogP contribution in [0.4, 0.5) is 5.69 Å². The van der Waals surface area contributed by atoms with Crippen LogP contribution in [-0.4, -0.2) is 9.91 Å². The van der Waals surface area contributed by atoms with E-state index in [0.29, 0.717) is 11.5 Å². The number of nitrogens with two attached hydrogens (primary N) is 1. The summed E-state index contributed by atoms with van der Waals surface area (Å²) in [6, 6.07) is 5.06. The SMILES string of the molecule is Cc1ccc(-c2csc(C(N)C(C)C)n2)cc1[N+](=O)[O-]. The lowest BCUT2D eigenvalue weighted by Crippen LogP contribution is -2.16. The number of benzene rings is 1. The minimum absolute atomic E-state index is 0.103. The van der Waals surface area contributed by atoms with Crippen molar-refractivity contribution in [1.82, 2.24) is 4.98 Å². The molecule has 2 aromatic rings. The molecule has 1 aromatic heterocycles. The van der Waals surface area contributed by atoms with Crippen molar-refractivity contribution in [3.8, 4) is 11.3 Å². The van der Waals surface area contributed by atoms with Crippen LogP contribution >= 0.6 is 11.3 Å². The van der Waals surface area contributed by atoms with E-state index in [1.54, 1.807) is 19.1 Å². The van der Waals surface area contributed by atoms with Gasteiger partial charge in [-0.05, 0) is 12.8 Å². The van der Waals surface area contributed by atoms with Crippen molar-refractivity contribution in [3.05, 3.63) is 44.3 Å². The number of nitro groups is 1. The maximum atomic E-state index is 11.0. The molecule has 2 rings (SSSR count). The number of nitro benzene ring substituents is 1. The fraction of sp³-hybridized carbons (Fsp3) is 0.357. The molecule has 0 fully saturated rings. The first-order chi connectivity index (χ1) is 9.40. The fourth-order valence-electron chi connectivity index (χ4n) is 1.82. The highest BCUT2D eigenvalue weighted by Crippen LogP contribution is 2.30. The molecular weight excluding hydrogens is 274 g/mol. The second-order valence-corrected chi connectivity index (χ2v) is 5.99. The van der Waals surface area contributed by atoms with E-state index in [4.69, 9.17) is 5.73 Å². The summed E-state index contributed by atoms with van der Waals surface area (Å²) in [4.78, 5) is 15.1. The van der Waals surface area contributed by atoms with E-state index in [2.05, 4.69) is 4.98 Å². The van der Waals surface area contributed by atoms with E-state index in [1.807, 2.05) is 25.3 Å². The van der Waals surface area contributed by atoms with E-state index >= 15 is 0 Å². The van der Waals surface area contributed by atoms with Crippen LogP contribution in [0.2, 0.25) is 0 Å². The Morgan fingerprint density at radius 3 is 2.70 bits per heavy atom. The predicted octanol–water partition coefficient (Wildman–Crippen LogP) is 3.68. The van der Waals surface area contributed by atoms with Crippen molar-refractivity contribution in [2.45, 2.75) is 26.8 Å². The van der Waals surface area contributed by atoms with Gasteiger partial charge in [0.2, 0.25) is 0 Å². The highest BCUT2D eigenvalue weighted by atomic mass is 32.1. The van der Waals surface area contributed by atoms with Gasteiger partial charge in [0, 0.05) is 22.6 Å². The van der Waals surface area contributed by atoms with Gasteiger partial charge in [0.15, 0.2) is 0 Å². The molecule has 6 heteroatoms. The Kier molecular flexibility index (Phi) is 4.15. The van der Waals surface area contributed by atoms with Gasteiger partial charge in [-0.25, -0.2) is 4.98 Å². The van der Waals surface area contributed by atoms with Crippen molar-refractivity contribution in [3.63, 3.8) is 0 Å².